The molecule has 0 amide bonds. The van der Waals surface area contributed by atoms with Crippen LogP contribution in [-0.4, -0.2) is 25.8 Å². The first kappa shape index (κ1) is 13.7. The molecular weight excluding hydrogens is 174 g/mol. The highest BCUT2D eigenvalue weighted by molar-refractivity contribution is 4.74. The van der Waals surface area contributed by atoms with E-state index in [-0.39, 0.29) is 0 Å². The molecule has 1 unspecified atom stereocenters. The summed E-state index contributed by atoms with van der Waals surface area (Å²) in [5, 5.41) is 3.38. The van der Waals surface area contributed by atoms with Crippen LogP contribution in [0.3, 0.4) is 0 Å². The van der Waals surface area contributed by atoms with Crippen molar-refractivity contribution in [3.63, 3.8) is 0 Å². The molecule has 14 heavy (non-hydrogen) atoms. The van der Waals surface area contributed by atoms with Crippen molar-refractivity contribution in [3.05, 3.63) is 12.7 Å². The third-order valence-electron chi connectivity index (χ3n) is 2.10. The smallest absolute Gasteiger partial charge is 0.0591 e. The lowest BCUT2D eigenvalue weighted by Gasteiger charge is -2.11. The Morgan fingerprint density at radius 3 is 2.57 bits per heavy atom. The van der Waals surface area contributed by atoms with Gasteiger partial charge in [0.25, 0.3) is 0 Å². The van der Waals surface area contributed by atoms with Crippen molar-refractivity contribution in [2.75, 3.05) is 19.8 Å². The molecule has 2 heteroatoms. The summed E-state index contributed by atoms with van der Waals surface area (Å²) in [6, 6.07) is 0.515. The van der Waals surface area contributed by atoms with Gasteiger partial charge in [-0.3, -0.25) is 0 Å². The van der Waals surface area contributed by atoms with Crippen molar-refractivity contribution < 1.29 is 4.74 Å². The van der Waals surface area contributed by atoms with Crippen molar-refractivity contribution in [3.8, 4) is 0 Å². The Balaban J connectivity index is 3.09. The highest BCUT2D eigenvalue weighted by atomic mass is 16.5. The van der Waals surface area contributed by atoms with Crippen LogP contribution in [0.5, 0.6) is 0 Å². The van der Waals surface area contributed by atoms with Crippen LogP contribution in [0.2, 0.25) is 0 Å². The molecule has 0 bridgehead atoms. The fourth-order valence-corrected chi connectivity index (χ4v) is 1.13. The minimum atomic E-state index is 0.515. The molecule has 0 aromatic heterocycles. The molecule has 84 valence electrons. The van der Waals surface area contributed by atoms with Gasteiger partial charge in [0.05, 0.1) is 6.61 Å². The van der Waals surface area contributed by atoms with Crippen LogP contribution in [0.25, 0.3) is 0 Å². The minimum absolute atomic E-state index is 0.515. The second-order valence-corrected chi connectivity index (χ2v) is 4.17. The zero-order valence-electron chi connectivity index (χ0n) is 9.88. The van der Waals surface area contributed by atoms with E-state index >= 15 is 0 Å². The Labute approximate surface area is 88.7 Å². The second-order valence-electron chi connectivity index (χ2n) is 4.17. The lowest BCUT2D eigenvalue weighted by molar-refractivity contribution is 0.124. The number of nitrogens with one attached hydrogen (secondary N) is 1. The van der Waals surface area contributed by atoms with Crippen LogP contribution in [0, 0.1) is 5.92 Å². The maximum atomic E-state index is 5.48. The Hall–Kier alpha value is -0.340. The van der Waals surface area contributed by atoms with Crippen molar-refractivity contribution in [1.29, 1.82) is 0 Å². The topological polar surface area (TPSA) is 21.3 Å². The van der Waals surface area contributed by atoms with Crippen LogP contribution in [-0.2, 0) is 4.74 Å². The predicted molar refractivity (Wildman–Crippen MR) is 62.6 cm³/mol. The number of hydrogen-bond acceptors (Lipinski definition) is 2. The number of hydrogen-bond donors (Lipinski definition) is 1. The van der Waals surface area contributed by atoms with Gasteiger partial charge in [-0.2, -0.15) is 0 Å². The summed E-state index contributed by atoms with van der Waals surface area (Å²) in [5.41, 5.74) is 0. The molecule has 0 heterocycles. The van der Waals surface area contributed by atoms with Gasteiger partial charge < -0.3 is 10.1 Å². The summed E-state index contributed by atoms with van der Waals surface area (Å²) in [5.74, 6) is 0.739. The molecule has 1 atom stereocenters. The zero-order chi connectivity index (χ0) is 10.8. The third-order valence-corrected chi connectivity index (χ3v) is 2.10. The van der Waals surface area contributed by atoms with E-state index in [1.165, 1.54) is 0 Å². The Bertz CT molecular complexity index is 134. The highest BCUT2D eigenvalue weighted by Gasteiger charge is 1.97. The van der Waals surface area contributed by atoms with Crippen LogP contribution in [0.4, 0.5) is 0 Å². The lowest BCUT2D eigenvalue weighted by atomic mass is 10.1. The first-order valence-electron chi connectivity index (χ1n) is 5.58. The summed E-state index contributed by atoms with van der Waals surface area (Å²) in [4.78, 5) is 0. The summed E-state index contributed by atoms with van der Waals surface area (Å²) in [7, 11) is 0. The summed E-state index contributed by atoms with van der Waals surface area (Å²) in [6.07, 6.45) is 4.12. The van der Waals surface area contributed by atoms with Gasteiger partial charge in [-0.1, -0.05) is 19.9 Å². The zero-order valence-corrected chi connectivity index (χ0v) is 9.88. The third kappa shape index (κ3) is 9.75. The molecule has 0 aliphatic carbocycles. The molecule has 0 aliphatic heterocycles. The summed E-state index contributed by atoms with van der Waals surface area (Å²) < 4.78 is 5.48. The summed E-state index contributed by atoms with van der Waals surface area (Å²) >= 11 is 0. The molecular formula is C12H25NO. The van der Waals surface area contributed by atoms with Gasteiger partial charge in [0.15, 0.2) is 0 Å². The Kier molecular flexibility index (Phi) is 9.00. The van der Waals surface area contributed by atoms with E-state index < -0.39 is 0 Å². The van der Waals surface area contributed by atoms with E-state index in [0.717, 1.165) is 38.5 Å². The van der Waals surface area contributed by atoms with Gasteiger partial charge in [-0.15, -0.1) is 6.58 Å². The van der Waals surface area contributed by atoms with E-state index in [2.05, 4.69) is 32.7 Å². The second kappa shape index (κ2) is 9.22. The van der Waals surface area contributed by atoms with Crippen LogP contribution in [0.15, 0.2) is 12.7 Å². The molecule has 0 aromatic carbocycles. The SMILES string of the molecule is C=CCC(C)NCCOCCC(C)C. The monoisotopic (exact) mass is 199 g/mol. The van der Waals surface area contributed by atoms with Gasteiger partial charge in [-0.25, -0.2) is 0 Å². The van der Waals surface area contributed by atoms with Crippen molar-refractivity contribution in [2.24, 2.45) is 5.92 Å². The molecule has 0 spiro atoms. The van der Waals surface area contributed by atoms with Gasteiger partial charge >= 0.3 is 0 Å². The van der Waals surface area contributed by atoms with Gasteiger partial charge in [0.1, 0.15) is 0 Å². The molecule has 0 radical (unpaired) electrons. The molecule has 1 N–H and O–H groups in total. The molecule has 2 nitrogen and oxygen atoms in total. The highest BCUT2D eigenvalue weighted by Crippen LogP contribution is 1.98. The number of ether oxygens (including phenoxy) is 1. The number of rotatable bonds is 9. The molecule has 0 rings (SSSR count). The lowest BCUT2D eigenvalue weighted by Crippen LogP contribution is -2.29. The van der Waals surface area contributed by atoms with E-state index in [1.807, 2.05) is 6.08 Å². The van der Waals surface area contributed by atoms with Gasteiger partial charge in [0, 0.05) is 19.2 Å². The molecule has 0 aliphatic rings. The average Bonchev–Trinajstić information content (AvgIpc) is 2.11. The minimum Gasteiger partial charge on any atom is -0.380 e. The van der Waals surface area contributed by atoms with E-state index in [1.54, 1.807) is 0 Å². The molecule has 0 saturated heterocycles. The van der Waals surface area contributed by atoms with Crippen LogP contribution in [0.1, 0.15) is 33.6 Å². The Morgan fingerprint density at radius 1 is 1.29 bits per heavy atom. The standard InChI is InChI=1S/C12H25NO/c1-5-6-12(4)13-8-10-14-9-7-11(2)3/h5,11-13H,1,6-10H2,2-4H3. The summed E-state index contributed by atoms with van der Waals surface area (Å²) in [6.45, 7) is 12.9. The van der Waals surface area contributed by atoms with Gasteiger partial charge in [-0.05, 0) is 25.7 Å². The first-order valence-corrected chi connectivity index (χ1v) is 5.58. The van der Waals surface area contributed by atoms with Crippen molar-refractivity contribution in [1.82, 2.24) is 5.32 Å². The maximum Gasteiger partial charge on any atom is 0.0591 e. The largest absolute Gasteiger partial charge is 0.380 e. The molecule has 0 saturated carbocycles. The van der Waals surface area contributed by atoms with E-state index in [4.69, 9.17) is 4.74 Å². The fourth-order valence-electron chi connectivity index (χ4n) is 1.13. The van der Waals surface area contributed by atoms with Crippen LogP contribution >= 0.6 is 0 Å². The van der Waals surface area contributed by atoms with E-state index in [0.29, 0.717) is 6.04 Å². The van der Waals surface area contributed by atoms with Crippen LogP contribution < -0.4 is 5.32 Å². The normalized spacial score (nSPS) is 13.1. The van der Waals surface area contributed by atoms with Crippen molar-refractivity contribution in [2.45, 2.75) is 39.7 Å². The maximum absolute atomic E-state index is 5.48. The quantitative estimate of drug-likeness (QED) is 0.455. The Morgan fingerprint density at radius 2 is 2.00 bits per heavy atom. The average molecular weight is 199 g/mol. The molecule has 0 aromatic rings. The van der Waals surface area contributed by atoms with Gasteiger partial charge in [0.2, 0.25) is 0 Å². The predicted octanol–water partition coefficient (Wildman–Crippen LogP) is 2.60. The fraction of sp³-hybridized carbons (Fsp3) is 0.833. The first-order chi connectivity index (χ1) is 6.66. The molecule has 0 fully saturated rings. The van der Waals surface area contributed by atoms with E-state index in [9.17, 15) is 0 Å². The van der Waals surface area contributed by atoms with Crippen molar-refractivity contribution >= 4 is 0 Å².